The molecule has 38 heavy (non-hydrogen) atoms. The molecule has 0 fully saturated rings. The molecule has 2 N–H and O–H groups in total. The number of benzene rings is 1. The minimum atomic E-state index is -3.67. The quantitative estimate of drug-likeness (QED) is 0.421. The van der Waals surface area contributed by atoms with Crippen LogP contribution in [0.4, 0.5) is 9.80 Å². The van der Waals surface area contributed by atoms with E-state index in [1.54, 1.807) is 6.92 Å². The van der Waals surface area contributed by atoms with Crippen molar-refractivity contribution in [3.63, 3.8) is 0 Å². The van der Waals surface area contributed by atoms with Crippen LogP contribution in [-0.4, -0.2) is 68.8 Å². The zero-order chi connectivity index (χ0) is 27.9. The predicted molar refractivity (Wildman–Crippen MR) is 147 cm³/mol. The number of hydrogen-bond donors (Lipinski definition) is 2. The molecule has 0 atom stereocenters. The molecule has 0 saturated carbocycles. The van der Waals surface area contributed by atoms with E-state index in [9.17, 15) is 22.8 Å². The van der Waals surface area contributed by atoms with Crippen molar-refractivity contribution in [3.05, 3.63) is 45.8 Å². The number of carbonyl (C=O) groups excluding carboxylic acids is 3. The molecule has 3 amide bonds. The monoisotopic (exact) mass is 564 g/mol. The number of alkyl carbamates (subject to hydrolysis) is 1. The highest BCUT2D eigenvalue weighted by Crippen LogP contribution is 2.37. The number of carbonyl (C=O) groups is 3. The fourth-order valence-corrected chi connectivity index (χ4v) is 7.15. The Morgan fingerprint density at radius 2 is 1.79 bits per heavy atom. The minimum absolute atomic E-state index is 0.118. The van der Waals surface area contributed by atoms with Gasteiger partial charge in [0.25, 0.3) is 11.8 Å². The number of nitrogens with zero attached hydrogens (tertiary/aromatic N) is 2. The molecule has 0 aliphatic carbocycles. The molecule has 1 aliphatic rings. The summed E-state index contributed by atoms with van der Waals surface area (Å²) in [7, 11) is -2.50. The summed E-state index contributed by atoms with van der Waals surface area (Å²) in [5.41, 5.74) is 1.32. The summed E-state index contributed by atoms with van der Waals surface area (Å²) in [4.78, 5) is 41.2. The Labute approximate surface area is 228 Å². The van der Waals surface area contributed by atoms with Crippen molar-refractivity contribution < 1.29 is 27.5 Å². The average Bonchev–Trinajstić information content (AvgIpc) is 3.26. The second kappa shape index (κ2) is 13.3. The van der Waals surface area contributed by atoms with E-state index in [0.717, 1.165) is 42.8 Å². The minimum Gasteiger partial charge on any atom is -0.453 e. The second-order valence-electron chi connectivity index (χ2n) is 9.01. The first-order valence-electron chi connectivity index (χ1n) is 12.8. The number of ether oxygens (including phenoxy) is 1. The molecular formula is C26H36N4O6S2. The van der Waals surface area contributed by atoms with Gasteiger partial charge in [0.05, 0.1) is 17.6 Å². The zero-order valence-corrected chi connectivity index (χ0v) is 24.0. The summed E-state index contributed by atoms with van der Waals surface area (Å²) in [6.45, 7) is 9.05. The Morgan fingerprint density at radius 1 is 1.08 bits per heavy atom. The smallest absolute Gasteiger partial charge is 0.413 e. The summed E-state index contributed by atoms with van der Waals surface area (Å²) >= 11 is 1.31. The van der Waals surface area contributed by atoms with Gasteiger partial charge in [0.15, 0.2) is 0 Å². The number of anilines is 1. The van der Waals surface area contributed by atoms with Crippen molar-refractivity contribution >= 4 is 44.3 Å². The standard InChI is InChI=1S/C26H36N4O6S2/c1-5-8-15-30(7-3)38(34,35)19-11-9-18(10-12-19)23(31)27-25-22(24(32)28-26(33)36-4)20-13-16-29(14-6-2)17-21(20)37-25/h9-12H,5-8,13-17H2,1-4H3,(H,27,31)(H,28,32,33). The van der Waals surface area contributed by atoms with E-state index in [4.69, 9.17) is 0 Å². The molecule has 1 aromatic heterocycles. The highest BCUT2D eigenvalue weighted by atomic mass is 32.2. The van der Waals surface area contributed by atoms with E-state index < -0.39 is 27.9 Å². The first kappa shape index (κ1) is 29.8. The van der Waals surface area contributed by atoms with Gasteiger partial charge < -0.3 is 10.1 Å². The SMILES string of the molecule is CCCCN(CC)S(=O)(=O)c1ccc(C(=O)Nc2sc3c(c2C(=O)NC(=O)OC)CCN(CCC)C3)cc1. The van der Waals surface area contributed by atoms with Crippen LogP contribution < -0.4 is 10.6 Å². The summed E-state index contributed by atoms with van der Waals surface area (Å²) < 4.78 is 32.0. The van der Waals surface area contributed by atoms with Crippen LogP contribution in [0.2, 0.25) is 0 Å². The summed E-state index contributed by atoms with van der Waals surface area (Å²) in [6, 6.07) is 5.76. The van der Waals surface area contributed by atoms with Gasteiger partial charge in [-0.15, -0.1) is 11.3 Å². The van der Waals surface area contributed by atoms with Crippen LogP contribution in [0.3, 0.4) is 0 Å². The summed E-state index contributed by atoms with van der Waals surface area (Å²) in [5.74, 6) is -1.12. The van der Waals surface area contributed by atoms with E-state index in [2.05, 4.69) is 27.2 Å². The molecule has 208 valence electrons. The fraction of sp³-hybridized carbons (Fsp3) is 0.500. The zero-order valence-electron chi connectivity index (χ0n) is 22.3. The summed E-state index contributed by atoms with van der Waals surface area (Å²) in [5, 5.41) is 5.35. The van der Waals surface area contributed by atoms with Crippen LogP contribution in [0.1, 0.15) is 71.2 Å². The van der Waals surface area contributed by atoms with E-state index >= 15 is 0 Å². The van der Waals surface area contributed by atoms with Crippen molar-refractivity contribution in [2.75, 3.05) is 38.6 Å². The topological polar surface area (TPSA) is 125 Å². The van der Waals surface area contributed by atoms with Gasteiger partial charge in [-0.25, -0.2) is 13.2 Å². The fourth-order valence-electron chi connectivity index (χ4n) is 4.38. The van der Waals surface area contributed by atoms with E-state index in [1.807, 2.05) is 6.92 Å². The lowest BCUT2D eigenvalue weighted by atomic mass is 10.0. The third kappa shape index (κ3) is 6.79. The molecule has 3 rings (SSSR count). The molecule has 0 unspecified atom stereocenters. The highest BCUT2D eigenvalue weighted by Gasteiger charge is 2.30. The number of unbranched alkanes of at least 4 members (excludes halogenated alkanes) is 1. The van der Waals surface area contributed by atoms with Crippen molar-refractivity contribution in [2.24, 2.45) is 0 Å². The van der Waals surface area contributed by atoms with E-state index in [1.165, 1.54) is 47.0 Å². The molecule has 0 saturated heterocycles. The Hall–Kier alpha value is -2.80. The van der Waals surface area contributed by atoms with Crippen LogP contribution in [0, 0.1) is 0 Å². The normalized spacial score (nSPS) is 13.7. The third-order valence-electron chi connectivity index (χ3n) is 6.40. The number of hydrogen-bond acceptors (Lipinski definition) is 8. The second-order valence-corrected chi connectivity index (χ2v) is 12.1. The van der Waals surface area contributed by atoms with E-state index in [0.29, 0.717) is 31.1 Å². The predicted octanol–water partition coefficient (Wildman–Crippen LogP) is 4.08. The molecule has 10 nitrogen and oxygen atoms in total. The summed E-state index contributed by atoms with van der Waals surface area (Å²) in [6.07, 6.45) is 2.38. The van der Waals surface area contributed by atoms with Gasteiger partial charge in [-0.2, -0.15) is 4.31 Å². The Kier molecular flexibility index (Phi) is 10.4. The van der Waals surface area contributed by atoms with Gasteiger partial charge >= 0.3 is 6.09 Å². The molecule has 1 aromatic carbocycles. The number of thiophene rings is 1. The molecule has 12 heteroatoms. The number of amides is 3. The highest BCUT2D eigenvalue weighted by molar-refractivity contribution is 7.89. The van der Waals surface area contributed by atoms with Crippen molar-refractivity contribution in [1.82, 2.24) is 14.5 Å². The van der Waals surface area contributed by atoms with Gasteiger partial charge in [0.1, 0.15) is 5.00 Å². The maximum Gasteiger partial charge on any atom is 0.413 e. The molecule has 0 radical (unpaired) electrons. The molecule has 2 heterocycles. The van der Waals surface area contributed by atoms with Crippen molar-refractivity contribution in [1.29, 1.82) is 0 Å². The van der Waals surface area contributed by atoms with Crippen LogP contribution in [0.5, 0.6) is 0 Å². The van der Waals surface area contributed by atoms with Gasteiger partial charge in [-0.05, 0) is 55.6 Å². The average molecular weight is 565 g/mol. The number of rotatable bonds is 11. The number of nitrogens with one attached hydrogen (secondary N) is 2. The van der Waals surface area contributed by atoms with Crippen LogP contribution in [-0.2, 0) is 27.7 Å². The van der Waals surface area contributed by atoms with Crippen LogP contribution in [0.25, 0.3) is 0 Å². The van der Waals surface area contributed by atoms with Gasteiger partial charge in [-0.3, -0.25) is 19.8 Å². The van der Waals surface area contributed by atoms with Crippen molar-refractivity contribution in [3.8, 4) is 0 Å². The molecule has 1 aliphatic heterocycles. The van der Waals surface area contributed by atoms with E-state index in [-0.39, 0.29) is 16.0 Å². The largest absolute Gasteiger partial charge is 0.453 e. The number of fused-ring (bicyclic) bond motifs is 1. The number of imide groups is 1. The number of sulfonamides is 1. The number of methoxy groups -OCH3 is 1. The van der Waals surface area contributed by atoms with Gasteiger partial charge in [0, 0.05) is 36.6 Å². The third-order valence-corrected chi connectivity index (χ3v) is 9.52. The maximum absolute atomic E-state index is 13.1. The van der Waals surface area contributed by atoms with Crippen LogP contribution >= 0.6 is 11.3 Å². The Morgan fingerprint density at radius 3 is 2.39 bits per heavy atom. The van der Waals surface area contributed by atoms with Crippen LogP contribution in [0.15, 0.2) is 29.2 Å². The molecule has 2 aromatic rings. The van der Waals surface area contributed by atoms with Crippen molar-refractivity contribution in [2.45, 2.75) is 57.9 Å². The molecule has 0 bridgehead atoms. The Bertz CT molecular complexity index is 1260. The molecular weight excluding hydrogens is 528 g/mol. The first-order chi connectivity index (χ1) is 18.2. The van der Waals surface area contributed by atoms with Gasteiger partial charge in [-0.1, -0.05) is 27.2 Å². The first-order valence-corrected chi connectivity index (χ1v) is 15.1. The molecule has 0 spiro atoms. The lowest BCUT2D eigenvalue weighted by molar-refractivity contribution is 0.0936. The maximum atomic E-state index is 13.1. The lowest BCUT2D eigenvalue weighted by Gasteiger charge is -2.26. The van der Waals surface area contributed by atoms with Gasteiger partial charge in [0.2, 0.25) is 10.0 Å². The lowest BCUT2D eigenvalue weighted by Crippen LogP contribution is -2.34. The Balaban J connectivity index is 1.86.